The number of hydrogen-bond acceptors (Lipinski definition) is 4. The molecule has 0 radical (unpaired) electrons. The molecule has 1 fully saturated rings. The number of nitrogens with two attached hydrogens (primary N) is 1. The van der Waals surface area contributed by atoms with Crippen molar-refractivity contribution in [1.29, 1.82) is 0 Å². The maximum absolute atomic E-state index is 12.1. The first-order chi connectivity index (χ1) is 8.10. The van der Waals surface area contributed by atoms with Crippen LogP contribution in [0.2, 0.25) is 5.02 Å². The van der Waals surface area contributed by atoms with E-state index in [1.54, 1.807) is 13.0 Å². The van der Waals surface area contributed by atoms with Crippen molar-refractivity contribution >= 4 is 38.9 Å². The smallest absolute Gasteiger partial charge is 0.263 e. The van der Waals surface area contributed by atoms with Crippen molar-refractivity contribution in [3.05, 3.63) is 22.7 Å². The van der Waals surface area contributed by atoms with Gasteiger partial charge in [-0.3, -0.25) is 4.79 Å². The van der Waals surface area contributed by atoms with Gasteiger partial charge in [-0.05, 0) is 38.5 Å². The first kappa shape index (κ1) is 13.2. The summed E-state index contributed by atoms with van der Waals surface area (Å²) in [7, 11) is -3.67. The Morgan fingerprint density at radius 2 is 1.89 bits per heavy atom. The van der Waals surface area contributed by atoms with Gasteiger partial charge < -0.3 is 5.73 Å². The quantitative estimate of drug-likeness (QED) is 0.797. The minimum Gasteiger partial charge on any atom is -0.398 e. The van der Waals surface area contributed by atoms with Gasteiger partial charge in [0.05, 0.1) is 16.4 Å². The fourth-order valence-corrected chi connectivity index (χ4v) is 3.50. The van der Waals surface area contributed by atoms with Gasteiger partial charge in [0.2, 0.25) is 0 Å². The van der Waals surface area contributed by atoms with Crippen LogP contribution in [0.1, 0.15) is 19.4 Å². The lowest BCUT2D eigenvalue weighted by Gasteiger charge is -2.43. The SMILES string of the molecule is Cc1cc(N)c(Cl)cc1N1C(=O)C(C)(C)S1(=O)=O. The number of carbonyl (C=O) groups is 1. The average molecular weight is 289 g/mol. The number of aryl methyl sites for hydroxylation is 1. The highest BCUT2D eigenvalue weighted by atomic mass is 35.5. The Morgan fingerprint density at radius 1 is 1.33 bits per heavy atom. The molecule has 0 aromatic heterocycles. The monoisotopic (exact) mass is 288 g/mol. The predicted octanol–water partition coefficient (Wildman–Crippen LogP) is 1.69. The second-order valence-corrected chi connectivity index (χ2v) is 7.49. The molecule has 1 saturated heterocycles. The summed E-state index contributed by atoms with van der Waals surface area (Å²) in [4.78, 5) is 11.9. The standard InChI is InChI=1S/C11H13ClN2O3S/c1-6-4-8(13)7(12)5-9(6)14-10(15)11(2,3)18(14,16)17/h4-5H,13H2,1-3H3. The minimum absolute atomic E-state index is 0.225. The van der Waals surface area contributed by atoms with Gasteiger partial charge in [0, 0.05) is 0 Å². The molecular weight excluding hydrogens is 276 g/mol. The van der Waals surface area contributed by atoms with E-state index in [0.29, 0.717) is 11.3 Å². The van der Waals surface area contributed by atoms with E-state index < -0.39 is 20.7 Å². The van der Waals surface area contributed by atoms with Crippen LogP contribution in [-0.4, -0.2) is 19.1 Å². The fraction of sp³-hybridized carbons (Fsp3) is 0.364. The Kier molecular flexibility index (Phi) is 2.64. The molecule has 0 aliphatic carbocycles. The van der Waals surface area contributed by atoms with E-state index in [-0.39, 0.29) is 10.7 Å². The van der Waals surface area contributed by atoms with Crippen molar-refractivity contribution in [2.75, 3.05) is 10.0 Å². The molecule has 1 aromatic rings. The topological polar surface area (TPSA) is 80.5 Å². The van der Waals surface area contributed by atoms with Crippen molar-refractivity contribution < 1.29 is 13.2 Å². The fourth-order valence-electron chi connectivity index (χ4n) is 1.80. The molecule has 1 aliphatic rings. The molecule has 1 amide bonds. The van der Waals surface area contributed by atoms with Crippen LogP contribution in [0.25, 0.3) is 0 Å². The molecule has 0 bridgehead atoms. The van der Waals surface area contributed by atoms with E-state index in [9.17, 15) is 13.2 Å². The number of nitrogen functional groups attached to an aromatic ring is 1. The molecule has 1 aliphatic heterocycles. The number of anilines is 2. The molecular formula is C11H13ClN2O3S. The zero-order valence-corrected chi connectivity index (χ0v) is 11.8. The number of carbonyl (C=O) groups excluding carboxylic acids is 1. The average Bonchev–Trinajstić information content (AvgIpc) is 2.25. The third-order valence-electron chi connectivity index (χ3n) is 3.12. The van der Waals surface area contributed by atoms with Gasteiger partial charge in [-0.2, -0.15) is 0 Å². The molecule has 2 N–H and O–H groups in total. The molecule has 0 spiro atoms. The Morgan fingerprint density at radius 3 is 2.39 bits per heavy atom. The summed E-state index contributed by atoms with van der Waals surface area (Å²) in [6.07, 6.45) is 0. The molecule has 1 heterocycles. The summed E-state index contributed by atoms with van der Waals surface area (Å²) < 4.78 is 23.5. The molecule has 7 heteroatoms. The number of amides is 1. The minimum atomic E-state index is -3.67. The summed E-state index contributed by atoms with van der Waals surface area (Å²) in [6.45, 7) is 4.45. The van der Waals surface area contributed by atoms with Crippen molar-refractivity contribution in [3.63, 3.8) is 0 Å². The van der Waals surface area contributed by atoms with Crippen molar-refractivity contribution in [1.82, 2.24) is 0 Å². The highest BCUT2D eigenvalue weighted by Crippen LogP contribution is 2.42. The first-order valence-corrected chi connectivity index (χ1v) is 7.07. The van der Waals surface area contributed by atoms with Gasteiger partial charge in [0.15, 0.2) is 4.75 Å². The van der Waals surface area contributed by atoms with Crippen molar-refractivity contribution in [3.8, 4) is 0 Å². The molecule has 2 rings (SSSR count). The van der Waals surface area contributed by atoms with Crippen LogP contribution >= 0.6 is 11.6 Å². The molecule has 1 aromatic carbocycles. The maximum atomic E-state index is 12.1. The number of rotatable bonds is 1. The summed E-state index contributed by atoms with van der Waals surface area (Å²) >= 11 is 5.87. The predicted molar refractivity (Wildman–Crippen MR) is 71.1 cm³/mol. The van der Waals surface area contributed by atoms with Crippen LogP contribution in [-0.2, 0) is 14.8 Å². The van der Waals surface area contributed by atoms with Gasteiger partial charge in [-0.1, -0.05) is 11.6 Å². The Balaban J connectivity index is 2.60. The third kappa shape index (κ3) is 1.45. The molecule has 5 nitrogen and oxygen atoms in total. The van der Waals surface area contributed by atoms with Crippen molar-refractivity contribution in [2.45, 2.75) is 25.5 Å². The van der Waals surface area contributed by atoms with Gasteiger partial charge in [0.1, 0.15) is 0 Å². The van der Waals surface area contributed by atoms with Crippen LogP contribution in [0.3, 0.4) is 0 Å². The number of sulfonamides is 1. The number of benzene rings is 1. The van der Waals surface area contributed by atoms with E-state index >= 15 is 0 Å². The zero-order valence-electron chi connectivity index (χ0n) is 10.2. The van der Waals surface area contributed by atoms with Crippen LogP contribution < -0.4 is 10.0 Å². The van der Waals surface area contributed by atoms with Crippen LogP contribution in [0, 0.1) is 6.92 Å². The number of hydrogen-bond donors (Lipinski definition) is 1. The van der Waals surface area contributed by atoms with Crippen molar-refractivity contribution in [2.24, 2.45) is 0 Å². The largest absolute Gasteiger partial charge is 0.398 e. The van der Waals surface area contributed by atoms with E-state index in [4.69, 9.17) is 17.3 Å². The number of halogens is 1. The summed E-state index contributed by atoms with van der Waals surface area (Å²) in [5, 5.41) is 0.225. The van der Waals surface area contributed by atoms with E-state index in [1.807, 2.05) is 0 Å². The van der Waals surface area contributed by atoms with Crippen LogP contribution in [0.5, 0.6) is 0 Å². The van der Waals surface area contributed by atoms with Gasteiger partial charge >= 0.3 is 0 Å². The molecule has 0 unspecified atom stereocenters. The second-order valence-electron chi connectivity index (χ2n) is 4.75. The summed E-state index contributed by atoms with van der Waals surface area (Å²) in [5.74, 6) is -0.466. The first-order valence-electron chi connectivity index (χ1n) is 5.25. The highest BCUT2D eigenvalue weighted by Gasteiger charge is 2.61. The normalized spacial score (nSPS) is 20.7. The van der Waals surface area contributed by atoms with Gasteiger partial charge in [-0.15, -0.1) is 0 Å². The maximum Gasteiger partial charge on any atom is 0.263 e. The lowest BCUT2D eigenvalue weighted by molar-refractivity contribution is -0.120. The lowest BCUT2D eigenvalue weighted by atomic mass is 10.1. The molecule has 98 valence electrons. The summed E-state index contributed by atoms with van der Waals surface area (Å²) in [5.41, 5.74) is 6.82. The lowest BCUT2D eigenvalue weighted by Crippen LogP contribution is -2.67. The third-order valence-corrected chi connectivity index (χ3v) is 5.75. The molecule has 0 atom stereocenters. The Bertz CT molecular complexity index is 652. The molecule has 0 saturated carbocycles. The van der Waals surface area contributed by atoms with E-state index in [0.717, 1.165) is 4.31 Å². The summed E-state index contributed by atoms with van der Waals surface area (Å²) in [6, 6.07) is 2.95. The van der Waals surface area contributed by atoms with Crippen LogP contribution in [0.4, 0.5) is 11.4 Å². The second kappa shape index (κ2) is 3.61. The Labute approximate surface area is 111 Å². The highest BCUT2D eigenvalue weighted by molar-refractivity contribution is 7.98. The van der Waals surface area contributed by atoms with Crippen LogP contribution in [0.15, 0.2) is 12.1 Å². The number of nitrogens with zero attached hydrogens (tertiary/aromatic N) is 1. The van der Waals surface area contributed by atoms with E-state index in [2.05, 4.69) is 0 Å². The Hall–Kier alpha value is -1.27. The van der Waals surface area contributed by atoms with Gasteiger partial charge in [-0.25, -0.2) is 12.7 Å². The molecule has 18 heavy (non-hydrogen) atoms. The van der Waals surface area contributed by atoms with E-state index in [1.165, 1.54) is 19.9 Å². The zero-order chi connectivity index (χ0) is 13.9. The van der Waals surface area contributed by atoms with Gasteiger partial charge in [0.25, 0.3) is 15.9 Å².